The van der Waals surface area contributed by atoms with Crippen molar-refractivity contribution in [3.05, 3.63) is 41.9 Å². The lowest BCUT2D eigenvalue weighted by atomic mass is 10.0. The number of fused-ring (bicyclic) bond motifs is 5. The second-order valence-corrected chi connectivity index (χ2v) is 7.76. The van der Waals surface area contributed by atoms with E-state index in [0.29, 0.717) is 31.2 Å². The van der Waals surface area contributed by atoms with Gasteiger partial charge in [0.05, 0.1) is 11.4 Å². The van der Waals surface area contributed by atoms with E-state index in [-0.39, 0.29) is 11.9 Å². The molecular weight excluding hydrogens is 368 g/mol. The quantitative estimate of drug-likeness (QED) is 0.638. The first-order chi connectivity index (χ1) is 13.9. The normalized spacial score (nSPS) is 13.2. The van der Waals surface area contributed by atoms with Crippen LogP contribution < -0.4 is 9.64 Å². The van der Waals surface area contributed by atoms with Gasteiger partial charge < -0.3 is 9.64 Å². The van der Waals surface area contributed by atoms with E-state index >= 15 is 0 Å². The first kappa shape index (κ1) is 19.1. The number of hydrogen-bond acceptors (Lipinski definition) is 5. The highest BCUT2D eigenvalue weighted by atomic mass is 16.5. The van der Waals surface area contributed by atoms with E-state index < -0.39 is 0 Å². The van der Waals surface area contributed by atoms with Gasteiger partial charge in [-0.25, -0.2) is 9.97 Å². The third-order valence-electron chi connectivity index (χ3n) is 5.05. The summed E-state index contributed by atoms with van der Waals surface area (Å²) in [6.07, 6.45) is 2.96. The third-order valence-corrected chi connectivity index (χ3v) is 5.05. The Bertz CT molecular complexity index is 1120. The number of esters is 1. The van der Waals surface area contributed by atoms with Crippen molar-refractivity contribution in [2.24, 2.45) is 5.92 Å². The molecule has 2 aromatic heterocycles. The number of rotatable bonds is 3. The number of amides is 1. The van der Waals surface area contributed by atoms with Crippen molar-refractivity contribution in [3.8, 4) is 17.1 Å². The molecule has 0 saturated carbocycles. The largest absolute Gasteiger partial charge is 0.407 e. The number of nitrogens with zero attached hydrogens (tertiary/aromatic N) is 4. The summed E-state index contributed by atoms with van der Waals surface area (Å²) in [4.78, 5) is 35.3. The van der Waals surface area contributed by atoms with Crippen LogP contribution in [-0.2, 0) is 22.4 Å². The van der Waals surface area contributed by atoms with Gasteiger partial charge in [-0.3, -0.25) is 14.0 Å². The number of carbonyl (C=O) groups is 2. The SMILES string of the molecule is CC(=O)Oc1c(CC(C)C)nc2c3c(ncn12)-c1ccccc1N(C(C)=O)CC3. The van der Waals surface area contributed by atoms with Gasteiger partial charge in [-0.05, 0) is 24.8 Å². The number of carbonyl (C=O) groups excluding carboxylic acids is 2. The van der Waals surface area contributed by atoms with E-state index in [1.54, 1.807) is 22.6 Å². The Balaban J connectivity index is 1.96. The maximum absolute atomic E-state index is 12.3. The third kappa shape index (κ3) is 3.37. The highest BCUT2D eigenvalue weighted by molar-refractivity contribution is 5.97. The van der Waals surface area contributed by atoms with Crippen LogP contribution in [0.5, 0.6) is 5.88 Å². The van der Waals surface area contributed by atoms with Gasteiger partial charge in [0, 0.05) is 31.5 Å². The van der Waals surface area contributed by atoms with Gasteiger partial charge in [0.25, 0.3) is 0 Å². The zero-order chi connectivity index (χ0) is 20.7. The van der Waals surface area contributed by atoms with Gasteiger partial charge in [-0.15, -0.1) is 0 Å². The van der Waals surface area contributed by atoms with Gasteiger partial charge in [0.15, 0.2) is 0 Å². The van der Waals surface area contributed by atoms with Crippen LogP contribution in [0.3, 0.4) is 0 Å². The van der Waals surface area contributed by atoms with E-state index in [0.717, 1.165) is 33.8 Å². The topological polar surface area (TPSA) is 76.8 Å². The summed E-state index contributed by atoms with van der Waals surface area (Å²) in [5.74, 6) is 0.387. The molecule has 150 valence electrons. The van der Waals surface area contributed by atoms with Crippen LogP contribution in [0.2, 0.25) is 0 Å². The summed E-state index contributed by atoms with van der Waals surface area (Å²) in [6.45, 7) is 7.69. The predicted octanol–water partition coefficient (Wildman–Crippen LogP) is 3.43. The van der Waals surface area contributed by atoms with Crippen LogP contribution >= 0.6 is 0 Å². The molecule has 29 heavy (non-hydrogen) atoms. The minimum Gasteiger partial charge on any atom is -0.407 e. The maximum atomic E-state index is 12.3. The second-order valence-electron chi connectivity index (χ2n) is 7.76. The number of ether oxygens (including phenoxy) is 1. The lowest BCUT2D eigenvalue weighted by Gasteiger charge is -2.20. The molecule has 7 heteroatoms. The fourth-order valence-corrected chi connectivity index (χ4v) is 3.89. The fraction of sp³-hybridized carbons (Fsp3) is 0.364. The highest BCUT2D eigenvalue weighted by Crippen LogP contribution is 2.37. The molecule has 0 atom stereocenters. The Kier molecular flexibility index (Phi) is 4.82. The predicted molar refractivity (Wildman–Crippen MR) is 110 cm³/mol. The number of imidazole rings is 1. The van der Waals surface area contributed by atoms with Gasteiger partial charge in [-0.2, -0.15) is 0 Å². The number of para-hydroxylation sites is 1. The number of hydrogen-bond donors (Lipinski definition) is 0. The smallest absolute Gasteiger partial charge is 0.309 e. The Morgan fingerprint density at radius 1 is 1.21 bits per heavy atom. The van der Waals surface area contributed by atoms with Crippen LogP contribution in [-0.4, -0.2) is 32.8 Å². The molecule has 3 aromatic rings. The van der Waals surface area contributed by atoms with E-state index in [1.165, 1.54) is 6.92 Å². The first-order valence-corrected chi connectivity index (χ1v) is 9.81. The molecule has 1 aliphatic heterocycles. The molecule has 0 aliphatic carbocycles. The summed E-state index contributed by atoms with van der Waals surface area (Å²) in [5.41, 5.74) is 4.98. The molecular formula is C22H24N4O3. The molecule has 1 aromatic carbocycles. The molecule has 1 aliphatic rings. The molecule has 3 heterocycles. The summed E-state index contributed by atoms with van der Waals surface area (Å²) in [6, 6.07) is 7.78. The summed E-state index contributed by atoms with van der Waals surface area (Å²) >= 11 is 0. The van der Waals surface area contributed by atoms with Crippen LogP contribution in [0.1, 0.15) is 39.0 Å². The highest BCUT2D eigenvalue weighted by Gasteiger charge is 2.27. The molecule has 0 unspecified atom stereocenters. The average molecular weight is 392 g/mol. The van der Waals surface area contributed by atoms with Crippen molar-refractivity contribution in [1.29, 1.82) is 0 Å². The zero-order valence-corrected chi connectivity index (χ0v) is 17.1. The lowest BCUT2D eigenvalue weighted by molar-refractivity contribution is -0.132. The van der Waals surface area contributed by atoms with Crippen molar-refractivity contribution in [1.82, 2.24) is 14.4 Å². The Hall–Kier alpha value is -3.22. The minimum absolute atomic E-state index is 0.00860. The van der Waals surface area contributed by atoms with Gasteiger partial charge >= 0.3 is 5.97 Å². The first-order valence-electron chi connectivity index (χ1n) is 9.81. The van der Waals surface area contributed by atoms with Crippen LogP contribution in [0.15, 0.2) is 30.6 Å². The molecule has 0 saturated heterocycles. The van der Waals surface area contributed by atoms with Gasteiger partial charge in [0.2, 0.25) is 11.8 Å². The summed E-state index contributed by atoms with van der Waals surface area (Å²) < 4.78 is 7.26. The van der Waals surface area contributed by atoms with Crippen molar-refractivity contribution in [2.45, 2.75) is 40.5 Å². The Morgan fingerprint density at radius 2 is 1.97 bits per heavy atom. The van der Waals surface area contributed by atoms with E-state index in [9.17, 15) is 9.59 Å². The van der Waals surface area contributed by atoms with Crippen molar-refractivity contribution < 1.29 is 14.3 Å². The Labute approximate surface area is 169 Å². The molecule has 0 bridgehead atoms. The van der Waals surface area contributed by atoms with Crippen LogP contribution in [0.25, 0.3) is 16.9 Å². The Morgan fingerprint density at radius 3 is 2.66 bits per heavy atom. The van der Waals surface area contributed by atoms with E-state index in [4.69, 9.17) is 14.7 Å². The summed E-state index contributed by atoms with van der Waals surface area (Å²) in [7, 11) is 0. The second kappa shape index (κ2) is 7.31. The van der Waals surface area contributed by atoms with Crippen LogP contribution in [0, 0.1) is 5.92 Å². The molecule has 1 amide bonds. The molecule has 4 rings (SSSR count). The number of aromatic nitrogens is 3. The minimum atomic E-state index is -0.389. The standard InChI is InChI=1S/C22H24N4O3/c1-13(2)11-18-22(29-15(4)28)26-12-23-20-16-7-5-6-8-19(16)25(14(3)27)10-9-17(20)21(26)24-18/h5-8,12-13H,9-11H2,1-4H3. The molecule has 0 N–H and O–H groups in total. The van der Waals surface area contributed by atoms with Crippen molar-refractivity contribution in [2.75, 3.05) is 11.4 Å². The summed E-state index contributed by atoms with van der Waals surface area (Å²) in [5, 5.41) is 0. The average Bonchev–Trinajstić information content (AvgIpc) is 2.88. The number of benzene rings is 1. The van der Waals surface area contributed by atoms with Gasteiger partial charge in [0.1, 0.15) is 17.7 Å². The van der Waals surface area contributed by atoms with E-state index in [1.807, 2.05) is 24.3 Å². The molecule has 7 nitrogen and oxygen atoms in total. The lowest BCUT2D eigenvalue weighted by Crippen LogP contribution is -2.30. The van der Waals surface area contributed by atoms with Crippen molar-refractivity contribution in [3.63, 3.8) is 0 Å². The van der Waals surface area contributed by atoms with E-state index in [2.05, 4.69) is 13.8 Å². The van der Waals surface area contributed by atoms with Crippen LogP contribution in [0.4, 0.5) is 5.69 Å². The van der Waals surface area contributed by atoms with Gasteiger partial charge in [-0.1, -0.05) is 32.0 Å². The zero-order valence-electron chi connectivity index (χ0n) is 17.1. The molecule has 0 spiro atoms. The number of anilines is 1. The monoisotopic (exact) mass is 392 g/mol. The molecule has 0 fully saturated rings. The van der Waals surface area contributed by atoms with Crippen molar-refractivity contribution >= 4 is 23.2 Å². The molecule has 0 radical (unpaired) electrons. The fourth-order valence-electron chi connectivity index (χ4n) is 3.89. The maximum Gasteiger partial charge on any atom is 0.309 e.